The van der Waals surface area contributed by atoms with Crippen molar-refractivity contribution in [2.45, 2.75) is 45.6 Å². The Bertz CT molecular complexity index is 938. The Hall–Kier alpha value is -2.43. The Kier molecular flexibility index (Phi) is 9.28. The fourth-order valence-corrected chi connectivity index (χ4v) is 5.14. The van der Waals surface area contributed by atoms with E-state index >= 15 is 0 Å². The van der Waals surface area contributed by atoms with Crippen molar-refractivity contribution < 1.29 is 0 Å². The van der Waals surface area contributed by atoms with Gasteiger partial charge in [-0.1, -0.05) is 74.8 Å². The van der Waals surface area contributed by atoms with Crippen LogP contribution in [-0.2, 0) is 0 Å². The van der Waals surface area contributed by atoms with Crippen LogP contribution in [0.15, 0.2) is 68.3 Å². The minimum atomic E-state index is 0.574. The van der Waals surface area contributed by atoms with E-state index in [1.54, 1.807) is 11.8 Å². The average Bonchev–Trinajstić information content (AvgIpc) is 2.83. The van der Waals surface area contributed by atoms with Gasteiger partial charge in [0, 0.05) is 46.9 Å². The molecule has 1 aliphatic carbocycles. The molecule has 4 heteroatoms. The zero-order valence-corrected chi connectivity index (χ0v) is 21.1. The third-order valence-electron chi connectivity index (χ3n) is 6.59. The van der Waals surface area contributed by atoms with E-state index < -0.39 is 0 Å². The van der Waals surface area contributed by atoms with Gasteiger partial charge in [-0.15, -0.1) is 0 Å². The second kappa shape index (κ2) is 12.2. The summed E-state index contributed by atoms with van der Waals surface area (Å²) < 4.78 is 0. The maximum atomic E-state index is 5.76. The molecule has 2 aromatic carbocycles. The third-order valence-corrected chi connectivity index (χ3v) is 7.56. The first-order valence-corrected chi connectivity index (χ1v) is 12.9. The molecule has 0 aliphatic heterocycles. The lowest BCUT2D eigenvalue weighted by Gasteiger charge is -2.29. The van der Waals surface area contributed by atoms with Gasteiger partial charge in [0.1, 0.15) is 0 Å². The Morgan fingerprint density at radius 3 is 1.94 bits per heavy atom. The van der Waals surface area contributed by atoms with Gasteiger partial charge >= 0.3 is 0 Å². The van der Waals surface area contributed by atoms with Crippen molar-refractivity contribution in [3.63, 3.8) is 0 Å². The molecule has 176 valence electrons. The fraction of sp³-hybridized carbons (Fsp3) is 0.379. The molecule has 0 aromatic heterocycles. The highest BCUT2D eigenvalue weighted by molar-refractivity contribution is 8.16. The molecule has 3 N–H and O–H groups in total. The molecular formula is C29H39N3S. The molecule has 0 heterocycles. The molecule has 33 heavy (non-hydrogen) atoms. The molecule has 3 nitrogen and oxygen atoms in total. The number of nitrogens with zero attached hydrogens (tertiary/aromatic N) is 1. The third kappa shape index (κ3) is 7.28. The molecule has 0 radical (unpaired) electrons. The summed E-state index contributed by atoms with van der Waals surface area (Å²) in [4.78, 5) is 4.40. The topological polar surface area (TPSA) is 41.3 Å². The van der Waals surface area contributed by atoms with Gasteiger partial charge in [0.2, 0.25) is 0 Å². The van der Waals surface area contributed by atoms with Gasteiger partial charge in [0.25, 0.3) is 0 Å². The van der Waals surface area contributed by atoms with Crippen LogP contribution in [0.1, 0.15) is 56.2 Å². The minimum absolute atomic E-state index is 0.574. The van der Waals surface area contributed by atoms with Gasteiger partial charge in [-0.25, -0.2) is 0 Å². The second-order valence-corrected chi connectivity index (χ2v) is 10.3. The summed E-state index contributed by atoms with van der Waals surface area (Å²) in [6.07, 6.45) is 5.36. The lowest BCUT2D eigenvalue weighted by Crippen LogP contribution is -2.38. The Balaban J connectivity index is 1.51. The molecule has 1 fully saturated rings. The fourth-order valence-electron chi connectivity index (χ4n) is 4.33. The Labute approximate surface area is 204 Å². The summed E-state index contributed by atoms with van der Waals surface area (Å²) in [7, 11) is 0. The van der Waals surface area contributed by atoms with Crippen molar-refractivity contribution in [2.75, 3.05) is 24.5 Å². The van der Waals surface area contributed by atoms with Crippen LogP contribution in [0.5, 0.6) is 0 Å². The number of anilines is 1. The van der Waals surface area contributed by atoms with Gasteiger partial charge in [-0.2, -0.15) is 0 Å². The van der Waals surface area contributed by atoms with Crippen LogP contribution in [0.4, 0.5) is 5.69 Å². The largest absolute Gasteiger partial charge is 0.399 e. The highest BCUT2D eigenvalue weighted by Crippen LogP contribution is 2.37. The summed E-state index contributed by atoms with van der Waals surface area (Å²) in [6.45, 7) is 20.0. The van der Waals surface area contributed by atoms with E-state index in [0.717, 1.165) is 52.1 Å². The van der Waals surface area contributed by atoms with Crippen LogP contribution in [0.3, 0.4) is 0 Å². The number of hydrogen-bond donors (Lipinski definition) is 2. The first-order chi connectivity index (χ1) is 15.9. The zero-order chi connectivity index (χ0) is 23.8. The van der Waals surface area contributed by atoms with Crippen molar-refractivity contribution in [2.24, 2.45) is 11.7 Å². The van der Waals surface area contributed by atoms with Gasteiger partial charge in [-0.05, 0) is 67.3 Å². The molecule has 0 unspecified atom stereocenters. The predicted molar refractivity (Wildman–Crippen MR) is 149 cm³/mol. The number of nitrogens with one attached hydrogen (secondary N) is 1. The van der Waals surface area contributed by atoms with E-state index in [1.165, 1.54) is 31.4 Å². The van der Waals surface area contributed by atoms with Crippen molar-refractivity contribution >= 4 is 33.0 Å². The second-order valence-electron chi connectivity index (χ2n) is 9.09. The summed E-state index contributed by atoms with van der Waals surface area (Å²) in [6, 6.07) is 17.4. The summed E-state index contributed by atoms with van der Waals surface area (Å²) in [5, 5.41) is 3.77. The number of likely N-dealkylation sites (N-methyl/N-ethyl adjacent to an activating group) is 1. The van der Waals surface area contributed by atoms with Crippen LogP contribution >= 0.6 is 11.8 Å². The van der Waals surface area contributed by atoms with Crippen LogP contribution in [0.25, 0.3) is 15.5 Å². The highest BCUT2D eigenvalue weighted by Gasteiger charge is 2.17. The average molecular weight is 462 g/mol. The normalized spacial score (nSPS) is 18.0. The minimum Gasteiger partial charge on any atom is -0.399 e. The van der Waals surface area contributed by atoms with Gasteiger partial charge < -0.3 is 16.0 Å². The van der Waals surface area contributed by atoms with E-state index in [0.29, 0.717) is 11.7 Å². The van der Waals surface area contributed by atoms with Gasteiger partial charge in [-0.3, -0.25) is 0 Å². The number of thioether (sulfide) groups is 1. The molecule has 2 aromatic rings. The lowest BCUT2D eigenvalue weighted by molar-refractivity contribution is 0.309. The Morgan fingerprint density at radius 1 is 0.909 bits per heavy atom. The molecular weight excluding hydrogens is 422 g/mol. The molecule has 0 atom stereocenters. The Morgan fingerprint density at radius 2 is 1.42 bits per heavy atom. The van der Waals surface area contributed by atoms with Crippen molar-refractivity contribution in [3.05, 3.63) is 85.0 Å². The number of benzene rings is 2. The molecule has 1 saturated carbocycles. The molecule has 0 saturated heterocycles. The summed E-state index contributed by atoms with van der Waals surface area (Å²) in [5.41, 5.74) is 10.7. The van der Waals surface area contributed by atoms with Crippen LogP contribution in [-0.4, -0.2) is 25.7 Å². The molecule has 0 spiro atoms. The van der Waals surface area contributed by atoms with Crippen LogP contribution in [0, 0.1) is 5.92 Å². The quantitative estimate of drug-likeness (QED) is 0.378. The number of rotatable bonds is 11. The van der Waals surface area contributed by atoms with Gasteiger partial charge in [0.15, 0.2) is 0 Å². The molecule has 0 bridgehead atoms. The highest BCUT2D eigenvalue weighted by atomic mass is 32.2. The van der Waals surface area contributed by atoms with Crippen molar-refractivity contribution in [1.29, 1.82) is 0 Å². The maximum absolute atomic E-state index is 5.76. The van der Waals surface area contributed by atoms with E-state index in [1.807, 2.05) is 24.3 Å². The molecule has 1 aliphatic rings. The summed E-state index contributed by atoms with van der Waals surface area (Å²) in [5.74, 6) is 0.899. The van der Waals surface area contributed by atoms with Crippen LogP contribution < -0.4 is 16.0 Å². The smallest absolute Gasteiger partial charge is 0.0366 e. The first kappa shape index (κ1) is 25.2. The predicted octanol–water partition coefficient (Wildman–Crippen LogP) is 6.99. The maximum Gasteiger partial charge on any atom is 0.0366 e. The number of nitrogens with two attached hydrogens (primary N) is 1. The molecule has 0 amide bonds. The van der Waals surface area contributed by atoms with E-state index in [-0.39, 0.29) is 0 Å². The zero-order valence-electron chi connectivity index (χ0n) is 20.3. The van der Waals surface area contributed by atoms with E-state index in [4.69, 9.17) is 5.73 Å². The van der Waals surface area contributed by atoms with Crippen molar-refractivity contribution in [1.82, 2.24) is 5.32 Å². The summed E-state index contributed by atoms with van der Waals surface area (Å²) >= 11 is 1.60. The number of hydrogen-bond acceptors (Lipinski definition) is 4. The lowest BCUT2D eigenvalue weighted by atomic mass is 9.87. The monoisotopic (exact) mass is 461 g/mol. The van der Waals surface area contributed by atoms with E-state index in [2.05, 4.69) is 68.1 Å². The molecule has 3 rings (SSSR count). The SMILES string of the molecule is C=C(N)c1ccc(C(=C)SC(=C)c2ccc(N(CC)CCNC3CCC(C)CC3)cc2)cc1. The van der Waals surface area contributed by atoms with Crippen molar-refractivity contribution in [3.8, 4) is 0 Å². The van der Waals surface area contributed by atoms with E-state index in [9.17, 15) is 0 Å². The standard InChI is InChI=1S/C29H39N3S/c1-6-32(20-19-31-28-15-7-21(2)8-16-28)29-17-13-27(14-18-29)24(5)33-23(4)26-11-9-25(10-12-26)22(3)30/h9-14,17-18,21,28,31H,3-8,15-16,19-20,30H2,1-2H3. The van der Waals surface area contributed by atoms with Crippen LogP contribution in [0.2, 0.25) is 0 Å². The van der Waals surface area contributed by atoms with Gasteiger partial charge in [0.05, 0.1) is 0 Å². The first-order valence-electron chi connectivity index (χ1n) is 12.1.